The van der Waals surface area contributed by atoms with Crippen molar-refractivity contribution < 1.29 is 4.39 Å². The highest BCUT2D eigenvalue weighted by Crippen LogP contribution is 2.31. The Morgan fingerprint density at radius 3 is 2.53 bits per heavy atom. The van der Waals surface area contributed by atoms with E-state index in [2.05, 4.69) is 27.5 Å². The largest absolute Gasteiger partial charge is 0.399 e. The first-order chi connectivity index (χ1) is 9.00. The van der Waals surface area contributed by atoms with Gasteiger partial charge in [0.15, 0.2) is 0 Å². The van der Waals surface area contributed by atoms with Crippen molar-refractivity contribution in [1.29, 1.82) is 0 Å². The fourth-order valence-electron chi connectivity index (χ4n) is 2.04. The molecule has 0 aromatic heterocycles. The predicted octanol–water partition coefficient (Wildman–Crippen LogP) is 4.21. The number of nitrogens with zero attached hydrogens (tertiary/aromatic N) is 1. The summed E-state index contributed by atoms with van der Waals surface area (Å²) in [6.45, 7) is 1.99. The summed E-state index contributed by atoms with van der Waals surface area (Å²) in [7, 11) is 1.96. The summed E-state index contributed by atoms with van der Waals surface area (Å²) in [4.78, 5) is 2.06. The van der Waals surface area contributed by atoms with Crippen molar-refractivity contribution in [2.75, 3.05) is 17.7 Å². The number of benzene rings is 2. The molecule has 2 aromatic carbocycles. The summed E-state index contributed by atoms with van der Waals surface area (Å²) in [5.41, 5.74) is 8.23. The summed E-state index contributed by atoms with van der Waals surface area (Å²) in [5, 5.41) is 0. The van der Waals surface area contributed by atoms with Crippen LogP contribution in [0.3, 0.4) is 0 Å². The van der Waals surface area contributed by atoms with Crippen molar-refractivity contribution in [1.82, 2.24) is 0 Å². The lowest BCUT2D eigenvalue weighted by atomic mass is 10.1. The zero-order chi connectivity index (χ0) is 14.0. The lowest BCUT2D eigenvalue weighted by Crippen LogP contribution is -2.23. The molecule has 2 aromatic rings. The van der Waals surface area contributed by atoms with Gasteiger partial charge in [0.25, 0.3) is 0 Å². The highest BCUT2D eigenvalue weighted by Gasteiger charge is 2.17. The molecular formula is C15H16FIN2. The molecule has 0 fully saturated rings. The van der Waals surface area contributed by atoms with Gasteiger partial charge in [0.05, 0.1) is 11.7 Å². The van der Waals surface area contributed by atoms with Gasteiger partial charge >= 0.3 is 0 Å². The van der Waals surface area contributed by atoms with E-state index in [0.717, 1.165) is 14.9 Å². The molecule has 0 heterocycles. The first-order valence-electron chi connectivity index (χ1n) is 6.03. The zero-order valence-electron chi connectivity index (χ0n) is 10.9. The van der Waals surface area contributed by atoms with Gasteiger partial charge in [-0.05, 0) is 53.8 Å². The second-order valence-electron chi connectivity index (χ2n) is 4.52. The maximum absolute atomic E-state index is 13.8. The first kappa shape index (κ1) is 14.1. The molecule has 0 aliphatic carbocycles. The summed E-state index contributed by atoms with van der Waals surface area (Å²) >= 11 is 2.25. The molecule has 19 heavy (non-hydrogen) atoms. The summed E-state index contributed by atoms with van der Waals surface area (Å²) in [6.07, 6.45) is 0. The Morgan fingerprint density at radius 1 is 1.21 bits per heavy atom. The monoisotopic (exact) mass is 370 g/mol. The molecule has 0 amide bonds. The second-order valence-corrected chi connectivity index (χ2v) is 5.68. The van der Waals surface area contributed by atoms with Crippen LogP contribution in [0.25, 0.3) is 0 Å². The molecule has 1 unspecified atom stereocenters. The molecule has 0 spiro atoms. The van der Waals surface area contributed by atoms with Crippen LogP contribution >= 0.6 is 22.6 Å². The fraction of sp³-hybridized carbons (Fsp3) is 0.200. The third-order valence-corrected chi connectivity index (χ3v) is 4.15. The van der Waals surface area contributed by atoms with Crippen molar-refractivity contribution in [2.45, 2.75) is 13.0 Å². The van der Waals surface area contributed by atoms with Crippen LogP contribution in [0, 0.1) is 9.39 Å². The number of nitrogens with two attached hydrogens (primary N) is 1. The van der Waals surface area contributed by atoms with Gasteiger partial charge in [-0.2, -0.15) is 0 Å². The molecule has 1 atom stereocenters. The van der Waals surface area contributed by atoms with Crippen LogP contribution in [-0.4, -0.2) is 7.05 Å². The molecule has 0 aliphatic rings. The van der Waals surface area contributed by atoms with Crippen molar-refractivity contribution in [3.8, 4) is 0 Å². The standard InChI is InChI=1S/C15H16FIN2/c1-10(12-5-3-4-6-13(12)16)19(2)15-8-7-11(18)9-14(15)17/h3-10H,18H2,1-2H3. The number of hydrogen-bond acceptors (Lipinski definition) is 2. The van der Waals surface area contributed by atoms with Crippen LogP contribution in [0.1, 0.15) is 18.5 Å². The third kappa shape index (κ3) is 3.00. The topological polar surface area (TPSA) is 29.3 Å². The Hall–Kier alpha value is -1.30. The lowest BCUT2D eigenvalue weighted by molar-refractivity contribution is 0.585. The number of rotatable bonds is 3. The number of hydrogen-bond donors (Lipinski definition) is 1. The van der Waals surface area contributed by atoms with E-state index in [1.54, 1.807) is 6.07 Å². The highest BCUT2D eigenvalue weighted by atomic mass is 127. The Kier molecular flexibility index (Phi) is 4.29. The van der Waals surface area contributed by atoms with E-state index >= 15 is 0 Å². The van der Waals surface area contributed by atoms with Crippen LogP contribution in [-0.2, 0) is 0 Å². The van der Waals surface area contributed by atoms with Crippen molar-refractivity contribution in [3.05, 3.63) is 57.4 Å². The number of nitrogen functional groups attached to an aromatic ring is 1. The Morgan fingerprint density at radius 2 is 1.89 bits per heavy atom. The van der Waals surface area contributed by atoms with E-state index in [1.165, 1.54) is 6.07 Å². The number of anilines is 2. The van der Waals surface area contributed by atoms with E-state index in [-0.39, 0.29) is 11.9 Å². The van der Waals surface area contributed by atoms with Crippen LogP contribution < -0.4 is 10.6 Å². The average molecular weight is 370 g/mol. The Bertz CT molecular complexity index is 586. The third-order valence-electron chi connectivity index (χ3n) is 3.29. The minimum atomic E-state index is -0.174. The fourth-order valence-corrected chi connectivity index (χ4v) is 2.96. The lowest BCUT2D eigenvalue weighted by Gasteiger charge is -2.28. The Balaban J connectivity index is 2.33. The normalized spacial score (nSPS) is 12.2. The quantitative estimate of drug-likeness (QED) is 0.648. The van der Waals surface area contributed by atoms with Crippen molar-refractivity contribution >= 4 is 34.0 Å². The van der Waals surface area contributed by atoms with Crippen LogP contribution in [0.15, 0.2) is 42.5 Å². The van der Waals surface area contributed by atoms with Gasteiger partial charge in [0, 0.05) is 21.9 Å². The second kappa shape index (κ2) is 5.77. The molecule has 0 saturated carbocycles. The molecule has 2 nitrogen and oxygen atoms in total. The van der Waals surface area contributed by atoms with Gasteiger partial charge in [-0.25, -0.2) is 4.39 Å². The smallest absolute Gasteiger partial charge is 0.128 e. The van der Waals surface area contributed by atoms with E-state index < -0.39 is 0 Å². The maximum atomic E-state index is 13.8. The van der Waals surface area contributed by atoms with Crippen molar-refractivity contribution in [2.24, 2.45) is 0 Å². The van der Waals surface area contributed by atoms with Gasteiger partial charge in [0.1, 0.15) is 5.82 Å². The molecule has 0 bridgehead atoms. The predicted molar refractivity (Wildman–Crippen MR) is 86.8 cm³/mol. The minimum Gasteiger partial charge on any atom is -0.399 e. The summed E-state index contributed by atoms with van der Waals surface area (Å²) < 4.78 is 14.9. The maximum Gasteiger partial charge on any atom is 0.128 e. The van der Waals surface area contributed by atoms with Crippen LogP contribution in [0.5, 0.6) is 0 Å². The molecule has 2 rings (SSSR count). The zero-order valence-corrected chi connectivity index (χ0v) is 13.1. The number of halogens is 2. The highest BCUT2D eigenvalue weighted by molar-refractivity contribution is 14.1. The SMILES string of the molecule is CC(c1ccccc1F)N(C)c1ccc(N)cc1I. The molecule has 4 heteroatoms. The summed E-state index contributed by atoms with van der Waals surface area (Å²) in [6, 6.07) is 12.6. The average Bonchev–Trinajstić information content (AvgIpc) is 2.38. The van der Waals surface area contributed by atoms with Crippen LogP contribution in [0.4, 0.5) is 15.8 Å². The van der Waals surface area contributed by atoms with Gasteiger partial charge in [-0.15, -0.1) is 0 Å². The van der Waals surface area contributed by atoms with Gasteiger partial charge in [0.2, 0.25) is 0 Å². The molecule has 0 radical (unpaired) electrons. The van der Waals surface area contributed by atoms with Gasteiger partial charge in [-0.3, -0.25) is 0 Å². The van der Waals surface area contributed by atoms with E-state index in [0.29, 0.717) is 5.56 Å². The van der Waals surface area contributed by atoms with E-state index in [4.69, 9.17) is 5.73 Å². The minimum absolute atomic E-state index is 0.0432. The Labute approximate surface area is 126 Å². The van der Waals surface area contributed by atoms with Gasteiger partial charge < -0.3 is 10.6 Å². The summed E-state index contributed by atoms with van der Waals surface area (Å²) in [5.74, 6) is -0.174. The molecule has 2 N–H and O–H groups in total. The van der Waals surface area contributed by atoms with Crippen LogP contribution in [0.2, 0.25) is 0 Å². The molecule has 0 saturated heterocycles. The van der Waals surface area contributed by atoms with Gasteiger partial charge in [-0.1, -0.05) is 18.2 Å². The van der Waals surface area contributed by atoms with E-state index in [9.17, 15) is 4.39 Å². The molecule has 0 aliphatic heterocycles. The molecular weight excluding hydrogens is 354 g/mol. The first-order valence-corrected chi connectivity index (χ1v) is 7.11. The molecule has 100 valence electrons. The van der Waals surface area contributed by atoms with Crippen molar-refractivity contribution in [3.63, 3.8) is 0 Å². The van der Waals surface area contributed by atoms with E-state index in [1.807, 2.05) is 44.3 Å².